The fourth-order valence-electron chi connectivity index (χ4n) is 3.98. The molecule has 1 heterocycles. The maximum Gasteiger partial charge on any atom is 0.115 e. The third-order valence-electron chi connectivity index (χ3n) is 6.03. The van der Waals surface area contributed by atoms with Crippen molar-refractivity contribution < 1.29 is 5.11 Å². The number of likely N-dealkylation sites (tertiary alicyclic amines) is 1. The summed E-state index contributed by atoms with van der Waals surface area (Å²) in [4.78, 5) is 2.60. The highest BCUT2D eigenvalue weighted by atomic mass is 16.3. The van der Waals surface area contributed by atoms with E-state index >= 15 is 0 Å². The van der Waals surface area contributed by atoms with Crippen LogP contribution in [0.3, 0.4) is 0 Å². The first-order valence-electron chi connectivity index (χ1n) is 9.05. The highest BCUT2D eigenvalue weighted by molar-refractivity contribution is 5.34. The Morgan fingerprint density at radius 1 is 1.17 bits per heavy atom. The van der Waals surface area contributed by atoms with E-state index in [1.807, 2.05) is 12.1 Å². The van der Waals surface area contributed by atoms with E-state index < -0.39 is 0 Å². The van der Waals surface area contributed by atoms with Gasteiger partial charge >= 0.3 is 0 Å². The molecular weight excluding hydrogens is 294 g/mol. The van der Waals surface area contributed by atoms with Gasteiger partial charge in [0.15, 0.2) is 0 Å². The molecule has 1 aliphatic rings. The first-order valence-corrected chi connectivity index (χ1v) is 9.05. The van der Waals surface area contributed by atoms with Crippen LogP contribution in [0.15, 0.2) is 48.5 Å². The van der Waals surface area contributed by atoms with Crippen LogP contribution in [-0.2, 0) is 11.8 Å². The van der Waals surface area contributed by atoms with Gasteiger partial charge in [0.05, 0.1) is 0 Å². The van der Waals surface area contributed by atoms with Crippen molar-refractivity contribution in [2.45, 2.75) is 39.0 Å². The molecule has 1 N–H and O–H groups in total. The van der Waals surface area contributed by atoms with Gasteiger partial charge in [-0.2, -0.15) is 0 Å². The number of aromatic hydroxyl groups is 1. The predicted octanol–water partition coefficient (Wildman–Crippen LogP) is 4.54. The van der Waals surface area contributed by atoms with Crippen LogP contribution in [0.4, 0.5) is 0 Å². The van der Waals surface area contributed by atoms with Crippen molar-refractivity contribution in [2.75, 3.05) is 19.6 Å². The van der Waals surface area contributed by atoms with Crippen LogP contribution in [-0.4, -0.2) is 29.6 Å². The fourth-order valence-corrected chi connectivity index (χ4v) is 3.98. The van der Waals surface area contributed by atoms with Gasteiger partial charge < -0.3 is 10.0 Å². The predicted molar refractivity (Wildman–Crippen MR) is 101 cm³/mol. The Labute approximate surface area is 146 Å². The number of rotatable bonds is 4. The van der Waals surface area contributed by atoms with E-state index in [4.69, 9.17) is 0 Å². The molecule has 1 saturated heterocycles. The first kappa shape index (κ1) is 17.0. The number of piperidine rings is 1. The highest BCUT2D eigenvalue weighted by Crippen LogP contribution is 2.40. The molecule has 0 spiro atoms. The van der Waals surface area contributed by atoms with Crippen molar-refractivity contribution >= 4 is 0 Å². The topological polar surface area (TPSA) is 23.5 Å². The molecule has 0 aromatic heterocycles. The number of nitrogens with zero attached hydrogens (tertiary/aromatic N) is 1. The molecule has 2 heteroatoms. The summed E-state index contributed by atoms with van der Waals surface area (Å²) in [7, 11) is 0. The number of hydrogen-bond acceptors (Lipinski definition) is 2. The molecule has 2 atom stereocenters. The summed E-state index contributed by atoms with van der Waals surface area (Å²) in [6.07, 6.45) is 2.27. The smallest absolute Gasteiger partial charge is 0.115 e. The lowest BCUT2D eigenvalue weighted by molar-refractivity contribution is 0.112. The average molecular weight is 323 g/mol. The molecule has 24 heavy (non-hydrogen) atoms. The SMILES string of the molecule is Cc1ccccc1CCN1CC[C@](C)(c2cccc(O)c2)[C@H](C)C1. The third-order valence-corrected chi connectivity index (χ3v) is 6.03. The monoisotopic (exact) mass is 323 g/mol. The molecule has 3 rings (SSSR count). The fraction of sp³-hybridized carbons (Fsp3) is 0.455. The van der Waals surface area contributed by atoms with Crippen molar-refractivity contribution in [1.29, 1.82) is 0 Å². The van der Waals surface area contributed by atoms with Gasteiger partial charge in [0.2, 0.25) is 0 Å². The molecular formula is C22H29NO. The molecule has 0 bridgehead atoms. The molecule has 0 aliphatic carbocycles. The van der Waals surface area contributed by atoms with E-state index in [1.54, 1.807) is 6.07 Å². The van der Waals surface area contributed by atoms with Crippen molar-refractivity contribution in [3.8, 4) is 5.75 Å². The second kappa shape index (κ2) is 6.98. The lowest BCUT2D eigenvalue weighted by Crippen LogP contribution is -2.47. The van der Waals surface area contributed by atoms with Gasteiger partial charge in [-0.1, -0.05) is 50.2 Å². The molecule has 128 valence electrons. The normalized spacial score (nSPS) is 24.9. The molecule has 2 aromatic carbocycles. The minimum absolute atomic E-state index is 0.151. The zero-order valence-electron chi connectivity index (χ0n) is 15.1. The summed E-state index contributed by atoms with van der Waals surface area (Å²) in [5.74, 6) is 0.952. The Bertz CT molecular complexity index is 696. The van der Waals surface area contributed by atoms with E-state index in [2.05, 4.69) is 56.0 Å². The molecule has 2 nitrogen and oxygen atoms in total. The summed E-state index contributed by atoms with van der Waals surface area (Å²) in [6, 6.07) is 16.5. The van der Waals surface area contributed by atoms with Gasteiger partial charge in [-0.3, -0.25) is 0 Å². The van der Waals surface area contributed by atoms with Gasteiger partial charge in [0.1, 0.15) is 5.75 Å². The Morgan fingerprint density at radius 2 is 1.96 bits per heavy atom. The van der Waals surface area contributed by atoms with Crippen molar-refractivity contribution in [3.63, 3.8) is 0 Å². The maximum atomic E-state index is 9.82. The van der Waals surface area contributed by atoms with Gasteiger partial charge in [-0.05, 0) is 66.5 Å². The molecule has 0 saturated carbocycles. The molecule has 2 aromatic rings. The Kier molecular flexibility index (Phi) is 4.96. The third kappa shape index (κ3) is 3.49. The van der Waals surface area contributed by atoms with Crippen molar-refractivity contribution in [2.24, 2.45) is 5.92 Å². The summed E-state index contributed by atoms with van der Waals surface area (Å²) < 4.78 is 0. The van der Waals surface area contributed by atoms with E-state index in [9.17, 15) is 5.11 Å². The van der Waals surface area contributed by atoms with Crippen LogP contribution in [0, 0.1) is 12.8 Å². The van der Waals surface area contributed by atoms with E-state index in [-0.39, 0.29) is 5.41 Å². The maximum absolute atomic E-state index is 9.82. The number of phenols is 1. The van der Waals surface area contributed by atoms with E-state index in [0.29, 0.717) is 11.7 Å². The lowest BCUT2D eigenvalue weighted by Gasteiger charge is -2.45. The largest absolute Gasteiger partial charge is 0.508 e. The summed E-state index contributed by atoms with van der Waals surface area (Å²) >= 11 is 0. The molecule has 0 amide bonds. The van der Waals surface area contributed by atoms with Gasteiger partial charge in [-0.25, -0.2) is 0 Å². The van der Waals surface area contributed by atoms with Gasteiger partial charge in [-0.15, -0.1) is 0 Å². The molecule has 1 aliphatic heterocycles. The summed E-state index contributed by atoms with van der Waals surface area (Å²) in [5, 5.41) is 9.82. The summed E-state index contributed by atoms with van der Waals surface area (Å²) in [5.41, 5.74) is 4.28. The van der Waals surface area contributed by atoms with Crippen LogP contribution in [0.2, 0.25) is 0 Å². The number of benzene rings is 2. The zero-order chi connectivity index (χ0) is 17.2. The van der Waals surface area contributed by atoms with Crippen LogP contribution in [0.25, 0.3) is 0 Å². The quantitative estimate of drug-likeness (QED) is 0.893. The van der Waals surface area contributed by atoms with Crippen LogP contribution in [0.1, 0.15) is 37.0 Å². The first-order chi connectivity index (χ1) is 11.5. The number of aryl methyl sites for hydroxylation is 1. The second-order valence-electron chi connectivity index (χ2n) is 7.60. The minimum atomic E-state index is 0.151. The highest BCUT2D eigenvalue weighted by Gasteiger charge is 2.37. The Balaban J connectivity index is 1.64. The van der Waals surface area contributed by atoms with Crippen molar-refractivity contribution in [1.82, 2.24) is 4.90 Å². The molecule has 1 fully saturated rings. The average Bonchev–Trinajstić information content (AvgIpc) is 2.57. The van der Waals surface area contributed by atoms with Gasteiger partial charge in [0.25, 0.3) is 0 Å². The van der Waals surface area contributed by atoms with Gasteiger partial charge in [0, 0.05) is 13.1 Å². The summed E-state index contributed by atoms with van der Waals surface area (Å²) in [6.45, 7) is 10.3. The van der Waals surface area contributed by atoms with Crippen molar-refractivity contribution in [3.05, 3.63) is 65.2 Å². The molecule has 0 unspecified atom stereocenters. The Morgan fingerprint density at radius 3 is 2.67 bits per heavy atom. The standard InChI is InChI=1S/C22H29NO/c1-17-7-4-5-8-19(17)11-13-23-14-12-22(3,18(2)16-23)20-9-6-10-21(24)15-20/h4-10,15,18,24H,11-14,16H2,1-3H3/t18-,22+/m1/s1. The van der Waals surface area contributed by atoms with Crippen LogP contribution >= 0.6 is 0 Å². The lowest BCUT2D eigenvalue weighted by atomic mass is 9.68. The van der Waals surface area contributed by atoms with Crippen LogP contribution < -0.4 is 0 Å². The Hall–Kier alpha value is -1.80. The van der Waals surface area contributed by atoms with E-state index in [1.165, 1.54) is 16.7 Å². The second-order valence-corrected chi connectivity index (χ2v) is 7.60. The van der Waals surface area contributed by atoms with E-state index in [0.717, 1.165) is 32.5 Å². The zero-order valence-corrected chi connectivity index (χ0v) is 15.1. The molecule has 0 radical (unpaired) electrons. The van der Waals surface area contributed by atoms with Crippen LogP contribution in [0.5, 0.6) is 5.75 Å². The number of hydrogen-bond donors (Lipinski definition) is 1. The number of phenolic OH excluding ortho intramolecular Hbond substituents is 1. The minimum Gasteiger partial charge on any atom is -0.508 e.